The zero-order valence-electron chi connectivity index (χ0n) is 8.38. The molecule has 2 nitrogen and oxygen atoms in total. The maximum absolute atomic E-state index is 4.12. The minimum atomic E-state index is -0.0243. The standard InChI is InChI=1S/C11H16N2/c1-5-7-11(8-6-2)9(3)12-13-10(11)4/h5-6H,1-2,7-8H2,3-4H3. The van der Waals surface area contributed by atoms with E-state index in [-0.39, 0.29) is 5.41 Å². The highest BCUT2D eigenvalue weighted by Gasteiger charge is 2.37. The Hall–Kier alpha value is -1.18. The van der Waals surface area contributed by atoms with Gasteiger partial charge in [0.15, 0.2) is 0 Å². The molecular formula is C11H16N2. The Bertz CT molecular complexity index is 254. The Labute approximate surface area is 79.8 Å². The molecule has 0 saturated carbocycles. The van der Waals surface area contributed by atoms with Crippen molar-refractivity contribution in [3.05, 3.63) is 25.3 Å². The number of allylic oxidation sites excluding steroid dienone is 2. The zero-order chi connectivity index (χ0) is 9.90. The molecule has 1 heterocycles. The summed E-state index contributed by atoms with van der Waals surface area (Å²) in [6, 6.07) is 0. The van der Waals surface area contributed by atoms with E-state index in [1.54, 1.807) is 0 Å². The molecule has 0 aromatic carbocycles. The van der Waals surface area contributed by atoms with Gasteiger partial charge < -0.3 is 0 Å². The summed E-state index contributed by atoms with van der Waals surface area (Å²) in [5.41, 5.74) is 2.12. The van der Waals surface area contributed by atoms with Gasteiger partial charge in [0.05, 0.1) is 5.41 Å². The Morgan fingerprint density at radius 2 is 1.46 bits per heavy atom. The van der Waals surface area contributed by atoms with Crippen LogP contribution in [0.4, 0.5) is 0 Å². The van der Waals surface area contributed by atoms with E-state index in [9.17, 15) is 0 Å². The lowest BCUT2D eigenvalue weighted by Gasteiger charge is -2.27. The maximum Gasteiger partial charge on any atom is 0.0569 e. The second-order valence-electron chi connectivity index (χ2n) is 3.44. The van der Waals surface area contributed by atoms with Gasteiger partial charge in [0, 0.05) is 11.4 Å². The van der Waals surface area contributed by atoms with Gasteiger partial charge in [-0.05, 0) is 26.7 Å². The van der Waals surface area contributed by atoms with E-state index in [1.807, 2.05) is 26.0 Å². The summed E-state index contributed by atoms with van der Waals surface area (Å²) in [6.45, 7) is 11.6. The van der Waals surface area contributed by atoms with E-state index in [0.717, 1.165) is 24.3 Å². The summed E-state index contributed by atoms with van der Waals surface area (Å²) in [4.78, 5) is 0. The third-order valence-electron chi connectivity index (χ3n) is 2.72. The first-order chi connectivity index (χ1) is 6.17. The van der Waals surface area contributed by atoms with E-state index < -0.39 is 0 Å². The first kappa shape index (κ1) is 9.90. The van der Waals surface area contributed by atoms with Crippen molar-refractivity contribution < 1.29 is 0 Å². The maximum atomic E-state index is 4.12. The highest BCUT2D eigenvalue weighted by Crippen LogP contribution is 2.35. The largest absolute Gasteiger partial charge is 0.159 e. The summed E-state index contributed by atoms with van der Waals surface area (Å²) in [5, 5.41) is 8.23. The van der Waals surface area contributed by atoms with Gasteiger partial charge in [-0.15, -0.1) is 13.2 Å². The van der Waals surface area contributed by atoms with Crippen molar-refractivity contribution in [2.45, 2.75) is 26.7 Å². The minimum absolute atomic E-state index is 0.0243. The van der Waals surface area contributed by atoms with Gasteiger partial charge in [-0.1, -0.05) is 12.2 Å². The van der Waals surface area contributed by atoms with Crippen molar-refractivity contribution in [3.63, 3.8) is 0 Å². The molecule has 0 radical (unpaired) electrons. The molecule has 0 amide bonds. The molecule has 0 spiro atoms. The second kappa shape index (κ2) is 3.69. The summed E-state index contributed by atoms with van der Waals surface area (Å²) in [7, 11) is 0. The monoisotopic (exact) mass is 176 g/mol. The van der Waals surface area contributed by atoms with Crippen LogP contribution < -0.4 is 0 Å². The fraction of sp³-hybridized carbons (Fsp3) is 0.455. The van der Waals surface area contributed by atoms with Crippen LogP contribution in [0.15, 0.2) is 35.5 Å². The number of rotatable bonds is 4. The van der Waals surface area contributed by atoms with Crippen LogP contribution in [0.2, 0.25) is 0 Å². The highest BCUT2D eigenvalue weighted by atomic mass is 15.2. The lowest BCUT2D eigenvalue weighted by atomic mass is 9.74. The number of hydrogen-bond acceptors (Lipinski definition) is 2. The van der Waals surface area contributed by atoms with Crippen molar-refractivity contribution in [1.82, 2.24) is 0 Å². The predicted molar refractivity (Wildman–Crippen MR) is 58.3 cm³/mol. The minimum Gasteiger partial charge on any atom is -0.159 e. The first-order valence-corrected chi connectivity index (χ1v) is 4.49. The molecule has 0 N–H and O–H groups in total. The van der Waals surface area contributed by atoms with Gasteiger partial charge in [0.25, 0.3) is 0 Å². The summed E-state index contributed by atoms with van der Waals surface area (Å²) in [5.74, 6) is 0. The predicted octanol–water partition coefficient (Wildman–Crippen LogP) is 2.98. The van der Waals surface area contributed by atoms with Gasteiger partial charge in [-0.25, -0.2) is 0 Å². The molecule has 0 fully saturated rings. The van der Waals surface area contributed by atoms with Crippen molar-refractivity contribution in [3.8, 4) is 0 Å². The molecule has 0 unspecified atom stereocenters. The lowest BCUT2D eigenvalue weighted by Crippen LogP contribution is -2.32. The SMILES string of the molecule is C=CCC1(CC=C)C(C)=NN=C1C. The van der Waals surface area contributed by atoms with Crippen molar-refractivity contribution in [2.75, 3.05) is 0 Å². The van der Waals surface area contributed by atoms with Gasteiger partial charge >= 0.3 is 0 Å². The third-order valence-corrected chi connectivity index (χ3v) is 2.72. The van der Waals surface area contributed by atoms with Crippen molar-refractivity contribution in [1.29, 1.82) is 0 Å². The molecule has 0 bridgehead atoms. The van der Waals surface area contributed by atoms with Crippen LogP contribution in [0.5, 0.6) is 0 Å². The molecular weight excluding hydrogens is 160 g/mol. The van der Waals surface area contributed by atoms with Crippen molar-refractivity contribution in [2.24, 2.45) is 15.6 Å². The van der Waals surface area contributed by atoms with E-state index in [4.69, 9.17) is 0 Å². The highest BCUT2D eigenvalue weighted by molar-refractivity contribution is 6.13. The topological polar surface area (TPSA) is 24.7 Å². The van der Waals surface area contributed by atoms with Crippen LogP contribution in [0.1, 0.15) is 26.7 Å². The lowest BCUT2D eigenvalue weighted by molar-refractivity contribution is 0.598. The van der Waals surface area contributed by atoms with Crippen LogP contribution in [-0.4, -0.2) is 11.4 Å². The molecule has 70 valence electrons. The third kappa shape index (κ3) is 1.48. The molecule has 1 aliphatic heterocycles. The van der Waals surface area contributed by atoms with E-state index in [1.165, 1.54) is 0 Å². The van der Waals surface area contributed by atoms with E-state index >= 15 is 0 Å². The van der Waals surface area contributed by atoms with Crippen LogP contribution in [0.3, 0.4) is 0 Å². The molecule has 0 atom stereocenters. The van der Waals surface area contributed by atoms with Gasteiger partial charge in [-0.3, -0.25) is 0 Å². The van der Waals surface area contributed by atoms with Crippen LogP contribution in [0, 0.1) is 5.41 Å². The summed E-state index contributed by atoms with van der Waals surface area (Å²) < 4.78 is 0. The molecule has 1 rings (SSSR count). The summed E-state index contributed by atoms with van der Waals surface area (Å²) in [6.07, 6.45) is 5.63. The van der Waals surface area contributed by atoms with Gasteiger partial charge in [-0.2, -0.15) is 10.2 Å². The fourth-order valence-corrected chi connectivity index (χ4v) is 1.77. The smallest absolute Gasteiger partial charge is 0.0569 e. The molecule has 0 aromatic rings. The van der Waals surface area contributed by atoms with Gasteiger partial charge in [0.1, 0.15) is 0 Å². The summed E-state index contributed by atoms with van der Waals surface area (Å²) >= 11 is 0. The van der Waals surface area contributed by atoms with E-state index in [2.05, 4.69) is 23.4 Å². The molecule has 1 aliphatic rings. The van der Waals surface area contributed by atoms with Crippen molar-refractivity contribution >= 4 is 11.4 Å². The molecule has 0 aromatic heterocycles. The zero-order valence-corrected chi connectivity index (χ0v) is 8.38. The van der Waals surface area contributed by atoms with Crippen LogP contribution in [0.25, 0.3) is 0 Å². The quantitative estimate of drug-likeness (QED) is 0.588. The molecule has 13 heavy (non-hydrogen) atoms. The first-order valence-electron chi connectivity index (χ1n) is 4.49. The Morgan fingerprint density at radius 3 is 1.77 bits per heavy atom. The normalized spacial score (nSPS) is 19.2. The molecule has 2 heteroatoms. The average Bonchev–Trinajstić information content (AvgIpc) is 2.35. The number of nitrogens with zero attached hydrogens (tertiary/aromatic N) is 2. The van der Waals surface area contributed by atoms with Crippen LogP contribution >= 0.6 is 0 Å². The van der Waals surface area contributed by atoms with Gasteiger partial charge in [0.2, 0.25) is 0 Å². The van der Waals surface area contributed by atoms with E-state index in [0.29, 0.717) is 0 Å². The average molecular weight is 176 g/mol. The Morgan fingerprint density at radius 1 is 1.08 bits per heavy atom. The second-order valence-corrected chi connectivity index (χ2v) is 3.44. The Kier molecular flexibility index (Phi) is 2.81. The Balaban J connectivity index is 3.01. The van der Waals surface area contributed by atoms with Crippen LogP contribution in [-0.2, 0) is 0 Å². The number of hydrogen-bond donors (Lipinski definition) is 0. The molecule has 0 saturated heterocycles. The fourth-order valence-electron chi connectivity index (χ4n) is 1.77. The molecule has 0 aliphatic carbocycles.